The fourth-order valence-electron chi connectivity index (χ4n) is 2.85. The van der Waals surface area contributed by atoms with Crippen molar-refractivity contribution in [2.24, 2.45) is 0 Å². The number of ether oxygens (including phenoxy) is 3. The maximum Gasteiger partial charge on any atom is 0.330 e. The molecule has 130 valence electrons. The zero-order valence-corrected chi connectivity index (χ0v) is 16.1. The van der Waals surface area contributed by atoms with Gasteiger partial charge >= 0.3 is 5.69 Å². The Morgan fingerprint density at radius 2 is 2.00 bits per heavy atom. The Labute approximate surface area is 154 Å². The van der Waals surface area contributed by atoms with Crippen LogP contribution >= 0.6 is 31.9 Å². The standard InChI is InChI=1S/C15H16Br2N2O5/c1-15(2)23-11-8(4-3-5-9(16)17)22-13(12(11)24-15)19-7-6-10(20)18-14(19)21/h3-8,11-13H,1-2H3,(H,18,20,21)/b4-3+/t8-,11-,12-,13-/m1/s1. The molecule has 2 aliphatic rings. The summed E-state index contributed by atoms with van der Waals surface area (Å²) >= 11 is 6.55. The molecule has 2 fully saturated rings. The van der Waals surface area contributed by atoms with Gasteiger partial charge in [-0.25, -0.2) is 4.79 Å². The predicted octanol–water partition coefficient (Wildman–Crippen LogP) is 2.14. The van der Waals surface area contributed by atoms with E-state index in [1.807, 2.05) is 26.0 Å². The summed E-state index contributed by atoms with van der Waals surface area (Å²) in [5, 5.41) is 0. The van der Waals surface area contributed by atoms with Gasteiger partial charge in [-0.05, 0) is 51.8 Å². The molecule has 3 rings (SSSR count). The highest BCUT2D eigenvalue weighted by Gasteiger charge is 2.55. The van der Waals surface area contributed by atoms with Gasteiger partial charge in [0.15, 0.2) is 12.0 Å². The Morgan fingerprint density at radius 3 is 2.67 bits per heavy atom. The lowest BCUT2D eigenvalue weighted by Gasteiger charge is -2.24. The molecule has 0 amide bonds. The second-order valence-electron chi connectivity index (χ2n) is 5.91. The lowest BCUT2D eigenvalue weighted by Crippen LogP contribution is -2.37. The summed E-state index contributed by atoms with van der Waals surface area (Å²) in [5.74, 6) is -0.777. The number of aromatic amines is 1. The average Bonchev–Trinajstić information content (AvgIpc) is 2.93. The number of hydrogen-bond donors (Lipinski definition) is 1. The number of nitrogens with zero attached hydrogens (tertiary/aromatic N) is 1. The van der Waals surface area contributed by atoms with Crippen LogP contribution in [0.3, 0.4) is 0 Å². The third kappa shape index (κ3) is 3.65. The van der Waals surface area contributed by atoms with Crippen molar-refractivity contribution < 1.29 is 14.2 Å². The molecule has 2 saturated heterocycles. The zero-order chi connectivity index (χ0) is 17.5. The van der Waals surface area contributed by atoms with Crippen molar-refractivity contribution >= 4 is 31.9 Å². The van der Waals surface area contributed by atoms with E-state index in [4.69, 9.17) is 14.2 Å². The van der Waals surface area contributed by atoms with Gasteiger partial charge in [0.05, 0.1) is 3.39 Å². The fraction of sp³-hybridized carbons (Fsp3) is 0.467. The Morgan fingerprint density at radius 1 is 1.29 bits per heavy atom. The van der Waals surface area contributed by atoms with Crippen LogP contribution in [0.5, 0.6) is 0 Å². The Hall–Kier alpha value is -1.00. The lowest BCUT2D eigenvalue weighted by atomic mass is 10.1. The number of aromatic nitrogens is 2. The number of H-pyrrole nitrogens is 1. The van der Waals surface area contributed by atoms with E-state index in [0.717, 1.165) is 3.39 Å². The highest BCUT2D eigenvalue weighted by Crippen LogP contribution is 2.42. The highest BCUT2D eigenvalue weighted by molar-refractivity contribution is 9.28. The number of rotatable bonds is 3. The van der Waals surface area contributed by atoms with E-state index in [-0.39, 0.29) is 6.10 Å². The first kappa shape index (κ1) is 17.8. The molecule has 7 nitrogen and oxygen atoms in total. The average molecular weight is 464 g/mol. The van der Waals surface area contributed by atoms with Crippen LogP contribution in [0.15, 0.2) is 43.5 Å². The van der Waals surface area contributed by atoms with Gasteiger partial charge in [0.25, 0.3) is 5.56 Å². The van der Waals surface area contributed by atoms with Crippen molar-refractivity contribution in [2.45, 2.75) is 44.2 Å². The predicted molar refractivity (Wildman–Crippen MR) is 94.1 cm³/mol. The quantitative estimate of drug-likeness (QED) is 0.694. The van der Waals surface area contributed by atoms with E-state index >= 15 is 0 Å². The summed E-state index contributed by atoms with van der Waals surface area (Å²) in [6.07, 6.45) is 4.95. The van der Waals surface area contributed by atoms with Crippen LogP contribution in [0.25, 0.3) is 0 Å². The maximum atomic E-state index is 12.1. The number of fused-ring (bicyclic) bond motifs is 1. The van der Waals surface area contributed by atoms with Gasteiger partial charge in [-0.15, -0.1) is 0 Å². The molecule has 0 bridgehead atoms. The van der Waals surface area contributed by atoms with Crippen LogP contribution in [-0.2, 0) is 14.2 Å². The molecule has 4 atom stereocenters. The molecule has 1 N–H and O–H groups in total. The number of nitrogens with one attached hydrogen (secondary N) is 1. The van der Waals surface area contributed by atoms with E-state index in [9.17, 15) is 9.59 Å². The van der Waals surface area contributed by atoms with Crippen LogP contribution < -0.4 is 11.2 Å². The molecule has 0 radical (unpaired) electrons. The van der Waals surface area contributed by atoms with E-state index in [1.165, 1.54) is 16.8 Å². The Balaban J connectivity index is 1.93. The molecule has 9 heteroatoms. The minimum absolute atomic E-state index is 0.359. The van der Waals surface area contributed by atoms with Crippen LogP contribution in [-0.4, -0.2) is 33.7 Å². The minimum Gasteiger partial charge on any atom is -0.345 e. The molecule has 24 heavy (non-hydrogen) atoms. The SMILES string of the molecule is CC1(C)O[C@@H]2[C@H](O1)[C@@H](/C=C/C=C(Br)Br)O[C@H]2n1ccc(=O)[nH]c1=O. The maximum absolute atomic E-state index is 12.1. The summed E-state index contributed by atoms with van der Waals surface area (Å²) in [6, 6.07) is 1.27. The molecule has 0 aliphatic carbocycles. The second kappa shape index (κ2) is 6.72. The van der Waals surface area contributed by atoms with Gasteiger partial charge in [0, 0.05) is 12.3 Å². The Kier molecular flexibility index (Phi) is 4.99. The number of halogens is 2. The monoisotopic (exact) mass is 462 g/mol. The summed E-state index contributed by atoms with van der Waals surface area (Å²) in [4.78, 5) is 25.6. The van der Waals surface area contributed by atoms with Gasteiger partial charge in [-0.1, -0.05) is 12.2 Å². The Bertz CT molecular complexity index is 794. The van der Waals surface area contributed by atoms with Gasteiger partial charge in [0.2, 0.25) is 0 Å². The van der Waals surface area contributed by atoms with Crippen LogP contribution in [0.4, 0.5) is 0 Å². The molecule has 1 aromatic heterocycles. The van der Waals surface area contributed by atoms with E-state index < -0.39 is 35.5 Å². The molecule has 0 spiro atoms. The molecule has 1 aromatic rings. The van der Waals surface area contributed by atoms with Gasteiger partial charge in [-0.3, -0.25) is 14.3 Å². The molecule has 2 aliphatic heterocycles. The lowest BCUT2D eigenvalue weighted by molar-refractivity contribution is -0.192. The second-order valence-corrected chi connectivity index (χ2v) is 8.69. The number of allylic oxidation sites excluding steroid dienone is 2. The van der Waals surface area contributed by atoms with Gasteiger partial charge in [0.1, 0.15) is 18.3 Å². The van der Waals surface area contributed by atoms with Crippen molar-refractivity contribution in [2.75, 3.05) is 0 Å². The fourth-order valence-corrected chi connectivity index (χ4v) is 3.16. The molecular weight excluding hydrogens is 448 g/mol. The smallest absolute Gasteiger partial charge is 0.330 e. The van der Waals surface area contributed by atoms with Gasteiger partial charge in [-0.2, -0.15) is 0 Å². The van der Waals surface area contributed by atoms with Crippen molar-refractivity contribution in [3.8, 4) is 0 Å². The van der Waals surface area contributed by atoms with Crippen molar-refractivity contribution in [3.05, 3.63) is 54.7 Å². The van der Waals surface area contributed by atoms with E-state index in [0.29, 0.717) is 0 Å². The number of hydrogen-bond acceptors (Lipinski definition) is 5. The largest absolute Gasteiger partial charge is 0.345 e. The highest BCUT2D eigenvalue weighted by atomic mass is 79.9. The minimum atomic E-state index is -0.777. The van der Waals surface area contributed by atoms with Crippen molar-refractivity contribution in [1.29, 1.82) is 0 Å². The summed E-state index contributed by atoms with van der Waals surface area (Å²) < 4.78 is 19.9. The third-order valence-electron chi connectivity index (χ3n) is 3.71. The summed E-state index contributed by atoms with van der Waals surface area (Å²) in [5.41, 5.74) is -1.01. The molecular formula is C15H16Br2N2O5. The van der Waals surface area contributed by atoms with Crippen molar-refractivity contribution in [3.63, 3.8) is 0 Å². The van der Waals surface area contributed by atoms with Crippen LogP contribution in [0.1, 0.15) is 20.1 Å². The first-order valence-corrected chi connectivity index (χ1v) is 8.87. The molecule has 0 unspecified atom stereocenters. The summed E-state index contributed by atoms with van der Waals surface area (Å²) in [7, 11) is 0. The normalized spacial score (nSPS) is 31.3. The van der Waals surface area contributed by atoms with E-state index in [1.54, 1.807) is 6.08 Å². The first-order valence-electron chi connectivity index (χ1n) is 7.29. The van der Waals surface area contributed by atoms with Crippen LogP contribution in [0.2, 0.25) is 0 Å². The summed E-state index contributed by atoms with van der Waals surface area (Å²) in [6.45, 7) is 3.63. The first-order chi connectivity index (χ1) is 11.3. The van der Waals surface area contributed by atoms with Gasteiger partial charge < -0.3 is 14.2 Å². The molecule has 0 aromatic carbocycles. The topological polar surface area (TPSA) is 82.6 Å². The molecule has 0 saturated carbocycles. The van der Waals surface area contributed by atoms with E-state index in [2.05, 4.69) is 36.8 Å². The van der Waals surface area contributed by atoms with Crippen molar-refractivity contribution in [1.82, 2.24) is 9.55 Å². The zero-order valence-electron chi connectivity index (χ0n) is 12.9. The third-order valence-corrected chi connectivity index (χ3v) is 4.24. The van der Waals surface area contributed by atoms with Crippen LogP contribution in [0, 0.1) is 0 Å². The molecule has 3 heterocycles.